The van der Waals surface area contributed by atoms with E-state index in [1.807, 2.05) is 20.8 Å². The van der Waals surface area contributed by atoms with E-state index >= 15 is 0 Å². The smallest absolute Gasteiger partial charge is 0.243 e. The molecule has 21 heavy (non-hydrogen) atoms. The lowest BCUT2D eigenvalue weighted by Gasteiger charge is -2.20. The van der Waals surface area contributed by atoms with E-state index in [1.165, 1.54) is 4.31 Å². The summed E-state index contributed by atoms with van der Waals surface area (Å²) in [7, 11) is -1.84. The van der Waals surface area contributed by atoms with Crippen LogP contribution in [0.1, 0.15) is 32.8 Å². The Morgan fingerprint density at radius 1 is 1.24 bits per heavy atom. The Morgan fingerprint density at radius 3 is 2.48 bits per heavy atom. The van der Waals surface area contributed by atoms with E-state index in [0.29, 0.717) is 30.3 Å². The molecule has 0 aliphatic carbocycles. The molecule has 0 spiro atoms. The van der Waals surface area contributed by atoms with Crippen LogP contribution < -0.4 is 10.1 Å². The summed E-state index contributed by atoms with van der Waals surface area (Å²) < 4.78 is 32.1. The third kappa shape index (κ3) is 4.43. The fourth-order valence-electron chi connectivity index (χ4n) is 2.16. The van der Waals surface area contributed by atoms with E-state index in [1.54, 1.807) is 25.3 Å². The molecule has 0 fully saturated rings. The second kappa shape index (κ2) is 8.36. The molecule has 0 bridgehead atoms. The Bertz CT molecular complexity index is 544. The van der Waals surface area contributed by atoms with Crippen molar-refractivity contribution in [1.29, 1.82) is 0 Å². The van der Waals surface area contributed by atoms with Crippen LogP contribution in [0.4, 0.5) is 0 Å². The quantitative estimate of drug-likeness (QED) is 0.759. The van der Waals surface area contributed by atoms with E-state index in [2.05, 4.69) is 5.32 Å². The molecule has 0 aromatic heterocycles. The van der Waals surface area contributed by atoms with Crippen LogP contribution in [0, 0.1) is 0 Å². The highest BCUT2D eigenvalue weighted by Gasteiger charge is 2.23. The average molecular weight is 314 g/mol. The van der Waals surface area contributed by atoms with Gasteiger partial charge >= 0.3 is 0 Å². The van der Waals surface area contributed by atoms with Crippen molar-refractivity contribution >= 4 is 10.0 Å². The molecule has 0 radical (unpaired) electrons. The van der Waals surface area contributed by atoms with Crippen molar-refractivity contribution in [2.45, 2.75) is 38.6 Å². The molecule has 120 valence electrons. The van der Waals surface area contributed by atoms with E-state index in [9.17, 15) is 8.42 Å². The second-order valence-corrected chi connectivity index (χ2v) is 6.69. The minimum absolute atomic E-state index is 0.325. The first-order valence-electron chi connectivity index (χ1n) is 7.38. The number of methoxy groups -OCH3 is 1. The van der Waals surface area contributed by atoms with Gasteiger partial charge in [-0.25, -0.2) is 8.42 Å². The number of hydrogen-bond donors (Lipinski definition) is 1. The molecule has 0 aliphatic rings. The van der Waals surface area contributed by atoms with Crippen molar-refractivity contribution < 1.29 is 13.2 Å². The highest BCUT2D eigenvalue weighted by atomic mass is 32.2. The summed E-state index contributed by atoms with van der Waals surface area (Å²) in [5, 5.41) is 3.20. The predicted octanol–water partition coefficient (Wildman–Crippen LogP) is 2.23. The summed E-state index contributed by atoms with van der Waals surface area (Å²) >= 11 is 0. The maximum atomic E-state index is 12.6. The standard InChI is InChI=1S/C15H26N2O3S/c1-5-10-17(7-3)21(18,19)14-8-9-15(20-4)13(11-14)12-16-6-2/h8-9,11,16H,5-7,10,12H2,1-4H3. The van der Waals surface area contributed by atoms with E-state index in [4.69, 9.17) is 4.74 Å². The summed E-state index contributed by atoms with van der Waals surface area (Å²) in [6, 6.07) is 5.04. The Labute approximate surface area is 128 Å². The molecule has 1 N–H and O–H groups in total. The van der Waals surface area contributed by atoms with Crippen LogP contribution in [-0.4, -0.2) is 39.5 Å². The number of nitrogens with one attached hydrogen (secondary N) is 1. The van der Waals surface area contributed by atoms with Crippen molar-refractivity contribution in [2.24, 2.45) is 0 Å². The lowest BCUT2D eigenvalue weighted by atomic mass is 10.2. The van der Waals surface area contributed by atoms with Crippen molar-refractivity contribution in [3.63, 3.8) is 0 Å². The van der Waals surface area contributed by atoms with Gasteiger partial charge in [-0.1, -0.05) is 20.8 Å². The largest absolute Gasteiger partial charge is 0.496 e. The molecule has 0 unspecified atom stereocenters. The first-order valence-corrected chi connectivity index (χ1v) is 8.82. The third-order valence-corrected chi connectivity index (χ3v) is 5.25. The van der Waals surface area contributed by atoms with Crippen LogP contribution in [0.25, 0.3) is 0 Å². The number of rotatable bonds is 9. The van der Waals surface area contributed by atoms with Crippen LogP contribution in [-0.2, 0) is 16.6 Å². The Hall–Kier alpha value is -1.11. The summed E-state index contributed by atoms with van der Waals surface area (Å²) in [5.41, 5.74) is 0.855. The lowest BCUT2D eigenvalue weighted by Crippen LogP contribution is -2.31. The maximum absolute atomic E-state index is 12.6. The minimum atomic E-state index is -3.44. The zero-order valence-corrected chi connectivity index (χ0v) is 14.2. The molecule has 0 saturated heterocycles. The van der Waals surface area contributed by atoms with Gasteiger partial charge in [0.15, 0.2) is 0 Å². The monoisotopic (exact) mass is 314 g/mol. The van der Waals surface area contributed by atoms with Crippen molar-refractivity contribution in [3.8, 4) is 5.75 Å². The van der Waals surface area contributed by atoms with Gasteiger partial charge in [-0.3, -0.25) is 0 Å². The normalized spacial score (nSPS) is 11.9. The zero-order chi connectivity index (χ0) is 15.9. The summed E-state index contributed by atoms with van der Waals surface area (Å²) in [6.45, 7) is 8.25. The molecule has 1 rings (SSSR count). The van der Waals surface area contributed by atoms with Gasteiger partial charge in [-0.15, -0.1) is 0 Å². The van der Waals surface area contributed by atoms with Gasteiger partial charge in [0.25, 0.3) is 0 Å². The Morgan fingerprint density at radius 2 is 1.95 bits per heavy atom. The minimum Gasteiger partial charge on any atom is -0.496 e. The number of hydrogen-bond acceptors (Lipinski definition) is 4. The number of ether oxygens (including phenoxy) is 1. The number of sulfonamides is 1. The van der Waals surface area contributed by atoms with Gasteiger partial charge in [0, 0.05) is 25.2 Å². The summed E-state index contributed by atoms with van der Waals surface area (Å²) in [4.78, 5) is 0.325. The van der Waals surface area contributed by atoms with E-state index < -0.39 is 10.0 Å². The average Bonchev–Trinajstić information content (AvgIpc) is 2.49. The highest BCUT2D eigenvalue weighted by Crippen LogP contribution is 2.24. The topological polar surface area (TPSA) is 58.6 Å². The molecule has 0 atom stereocenters. The number of nitrogens with zero attached hydrogens (tertiary/aromatic N) is 1. The third-order valence-electron chi connectivity index (χ3n) is 3.28. The van der Waals surface area contributed by atoms with Crippen LogP contribution in [0.2, 0.25) is 0 Å². The molecule has 1 aromatic carbocycles. The molecule has 0 amide bonds. The fraction of sp³-hybridized carbons (Fsp3) is 0.600. The number of benzene rings is 1. The molecule has 0 aliphatic heterocycles. The fourth-order valence-corrected chi connectivity index (χ4v) is 3.75. The van der Waals surface area contributed by atoms with Crippen LogP contribution in [0.5, 0.6) is 5.75 Å². The Balaban J connectivity index is 3.17. The van der Waals surface area contributed by atoms with Crippen LogP contribution >= 0.6 is 0 Å². The molecule has 6 heteroatoms. The zero-order valence-electron chi connectivity index (χ0n) is 13.3. The van der Waals surface area contributed by atoms with Crippen LogP contribution in [0.15, 0.2) is 23.1 Å². The summed E-state index contributed by atoms with van der Waals surface area (Å²) in [5.74, 6) is 0.702. The predicted molar refractivity (Wildman–Crippen MR) is 85.1 cm³/mol. The Kier molecular flexibility index (Phi) is 7.14. The molecular weight excluding hydrogens is 288 g/mol. The molecule has 0 heterocycles. The maximum Gasteiger partial charge on any atom is 0.243 e. The molecular formula is C15H26N2O3S. The van der Waals surface area contributed by atoms with Crippen molar-refractivity contribution in [2.75, 3.05) is 26.7 Å². The van der Waals surface area contributed by atoms with Crippen LogP contribution in [0.3, 0.4) is 0 Å². The van der Waals surface area contributed by atoms with Gasteiger partial charge in [-0.2, -0.15) is 4.31 Å². The van der Waals surface area contributed by atoms with Gasteiger partial charge in [0.05, 0.1) is 12.0 Å². The molecule has 1 aromatic rings. The highest BCUT2D eigenvalue weighted by molar-refractivity contribution is 7.89. The molecule has 5 nitrogen and oxygen atoms in total. The summed E-state index contributed by atoms with van der Waals surface area (Å²) in [6.07, 6.45) is 0.799. The van der Waals surface area contributed by atoms with Gasteiger partial charge in [-0.05, 0) is 31.2 Å². The van der Waals surface area contributed by atoms with Gasteiger partial charge in [0.1, 0.15) is 5.75 Å². The van der Waals surface area contributed by atoms with E-state index in [0.717, 1.165) is 18.5 Å². The van der Waals surface area contributed by atoms with Gasteiger partial charge < -0.3 is 10.1 Å². The van der Waals surface area contributed by atoms with Gasteiger partial charge in [0.2, 0.25) is 10.0 Å². The first-order chi connectivity index (χ1) is 10.0. The van der Waals surface area contributed by atoms with E-state index in [-0.39, 0.29) is 0 Å². The lowest BCUT2D eigenvalue weighted by molar-refractivity contribution is 0.406. The van der Waals surface area contributed by atoms with Crippen molar-refractivity contribution in [3.05, 3.63) is 23.8 Å². The van der Waals surface area contributed by atoms with Crippen molar-refractivity contribution in [1.82, 2.24) is 9.62 Å². The SMILES string of the molecule is CCCN(CC)S(=O)(=O)c1ccc(OC)c(CNCC)c1. The first kappa shape index (κ1) is 17.9. The second-order valence-electron chi connectivity index (χ2n) is 4.75. The molecule has 0 saturated carbocycles.